The highest BCUT2D eigenvalue weighted by molar-refractivity contribution is 6.14. The van der Waals surface area contributed by atoms with E-state index in [1.807, 2.05) is 13.1 Å². The second kappa shape index (κ2) is 3.30. The molecule has 0 aromatic carbocycles. The van der Waals surface area contributed by atoms with Crippen LogP contribution >= 0.6 is 0 Å². The molecule has 0 radical (unpaired) electrons. The normalized spacial score (nSPS) is 35.3. The lowest BCUT2D eigenvalue weighted by Gasteiger charge is -2.30. The quantitative estimate of drug-likeness (QED) is 0.396. The molecule has 0 aliphatic carbocycles. The lowest BCUT2D eigenvalue weighted by atomic mass is 10.2. The highest BCUT2D eigenvalue weighted by Gasteiger charge is 2.24. The second-order valence-corrected chi connectivity index (χ2v) is 4.43. The first-order valence-corrected chi connectivity index (χ1v) is 4.91. The molecule has 1 fully saturated rings. The first-order chi connectivity index (χ1) is 4.77. The molecule has 0 amide bonds. The fraction of sp³-hybridized carbons (Fsp3) is 0.857. The minimum absolute atomic E-state index is 0.0625. The minimum Gasteiger partial charge on any atom is -0.359 e. The van der Waals surface area contributed by atoms with Crippen LogP contribution in [0.1, 0.15) is 26.2 Å². The number of rotatable bonds is 1. The molecule has 10 heavy (non-hydrogen) atoms. The molecular formula is C7H15NOSi. The molecule has 1 saturated heterocycles. The monoisotopic (exact) mass is 157 g/mol. The van der Waals surface area contributed by atoms with Gasteiger partial charge in [0.1, 0.15) is 5.35 Å². The van der Waals surface area contributed by atoms with Crippen molar-refractivity contribution in [2.24, 2.45) is 4.99 Å². The summed E-state index contributed by atoms with van der Waals surface area (Å²) in [6.07, 6.45) is 5.48. The van der Waals surface area contributed by atoms with Crippen molar-refractivity contribution in [3.8, 4) is 0 Å². The Balaban J connectivity index is 2.48. The van der Waals surface area contributed by atoms with E-state index in [9.17, 15) is 0 Å². The average Bonchev–Trinajstić information content (AvgIpc) is 1.89. The lowest BCUT2D eigenvalue weighted by molar-refractivity contribution is -0.0106. The van der Waals surface area contributed by atoms with Gasteiger partial charge < -0.3 is 4.74 Å². The summed E-state index contributed by atoms with van der Waals surface area (Å²) in [5.74, 6) is 0. The minimum atomic E-state index is -0.0625. The van der Waals surface area contributed by atoms with Crippen LogP contribution in [0.4, 0.5) is 0 Å². The fourth-order valence-corrected chi connectivity index (χ4v) is 2.11. The molecule has 1 aliphatic heterocycles. The number of hydrogen-bond acceptors (Lipinski definition) is 2. The van der Waals surface area contributed by atoms with E-state index >= 15 is 0 Å². The molecule has 2 nitrogen and oxygen atoms in total. The molecule has 0 aromatic heterocycles. The van der Waals surface area contributed by atoms with Gasteiger partial charge in [0.15, 0.2) is 0 Å². The van der Waals surface area contributed by atoms with E-state index < -0.39 is 0 Å². The van der Waals surface area contributed by atoms with E-state index in [4.69, 9.17) is 4.74 Å². The van der Waals surface area contributed by atoms with Crippen molar-refractivity contribution in [3.05, 3.63) is 0 Å². The summed E-state index contributed by atoms with van der Waals surface area (Å²) in [7, 11) is 1.02. The van der Waals surface area contributed by atoms with Crippen LogP contribution in [0, 0.1) is 0 Å². The Morgan fingerprint density at radius 3 is 2.90 bits per heavy atom. The molecule has 0 bridgehead atoms. The van der Waals surface area contributed by atoms with Gasteiger partial charge in [-0.15, -0.1) is 0 Å². The summed E-state index contributed by atoms with van der Waals surface area (Å²) in [5, 5.41) is -0.0625. The Kier molecular flexibility index (Phi) is 2.62. The molecule has 1 aliphatic rings. The van der Waals surface area contributed by atoms with Crippen LogP contribution in [0.3, 0.4) is 0 Å². The average molecular weight is 157 g/mol. The van der Waals surface area contributed by atoms with E-state index in [2.05, 4.69) is 4.99 Å². The third-order valence-corrected chi connectivity index (χ3v) is 2.90. The Labute approximate surface area is 65.1 Å². The van der Waals surface area contributed by atoms with Gasteiger partial charge >= 0.3 is 0 Å². The fourth-order valence-electron chi connectivity index (χ4n) is 1.29. The predicted molar refractivity (Wildman–Crippen MR) is 46.6 cm³/mol. The lowest BCUT2D eigenvalue weighted by Crippen LogP contribution is -2.34. The summed E-state index contributed by atoms with van der Waals surface area (Å²) in [5.41, 5.74) is 0. The third kappa shape index (κ3) is 1.92. The number of aliphatic imine (C=N–C) groups is 1. The topological polar surface area (TPSA) is 21.6 Å². The van der Waals surface area contributed by atoms with Crippen LogP contribution in [-0.2, 0) is 4.74 Å². The summed E-state index contributed by atoms with van der Waals surface area (Å²) in [6, 6.07) is 0. The highest BCUT2D eigenvalue weighted by Crippen LogP contribution is 2.22. The van der Waals surface area contributed by atoms with Gasteiger partial charge in [0, 0.05) is 6.61 Å². The standard InChI is InChI=1S/C7H15NOSi/c1-2-8-7(10)5-3-4-6-9-7/h2H,3-6H2,1,10H3. The number of hydrogen-bond donors (Lipinski definition) is 0. The summed E-state index contributed by atoms with van der Waals surface area (Å²) in [6.45, 7) is 2.86. The van der Waals surface area contributed by atoms with Crippen molar-refractivity contribution in [1.82, 2.24) is 0 Å². The maximum atomic E-state index is 5.57. The first kappa shape index (κ1) is 7.95. The van der Waals surface area contributed by atoms with Crippen molar-refractivity contribution in [2.75, 3.05) is 6.61 Å². The molecule has 1 unspecified atom stereocenters. The molecule has 1 atom stereocenters. The molecular weight excluding hydrogens is 142 g/mol. The van der Waals surface area contributed by atoms with E-state index in [1.54, 1.807) is 0 Å². The molecule has 58 valence electrons. The van der Waals surface area contributed by atoms with Crippen molar-refractivity contribution in [3.63, 3.8) is 0 Å². The number of ether oxygens (including phenoxy) is 1. The van der Waals surface area contributed by atoms with Crippen LogP contribution in [0.5, 0.6) is 0 Å². The van der Waals surface area contributed by atoms with Gasteiger partial charge in [-0.1, -0.05) is 0 Å². The predicted octanol–water partition coefficient (Wildman–Crippen LogP) is 0.297. The molecule has 3 heteroatoms. The Bertz CT molecular complexity index is 130. The second-order valence-electron chi connectivity index (χ2n) is 2.87. The largest absolute Gasteiger partial charge is 0.359 e. The summed E-state index contributed by atoms with van der Waals surface area (Å²) in [4.78, 5) is 4.33. The zero-order chi connectivity index (χ0) is 7.45. The van der Waals surface area contributed by atoms with E-state index in [1.165, 1.54) is 12.8 Å². The van der Waals surface area contributed by atoms with Gasteiger partial charge in [-0.3, -0.25) is 4.99 Å². The Morgan fingerprint density at radius 1 is 1.60 bits per heavy atom. The molecule has 0 spiro atoms. The Morgan fingerprint density at radius 2 is 2.40 bits per heavy atom. The third-order valence-electron chi connectivity index (χ3n) is 1.85. The molecule has 1 heterocycles. The van der Waals surface area contributed by atoms with Crippen molar-refractivity contribution >= 4 is 16.5 Å². The molecule has 0 aromatic rings. The van der Waals surface area contributed by atoms with Gasteiger partial charge in [0.05, 0.1) is 10.2 Å². The zero-order valence-corrected chi connectivity index (χ0v) is 8.76. The van der Waals surface area contributed by atoms with Crippen LogP contribution < -0.4 is 0 Å². The van der Waals surface area contributed by atoms with Gasteiger partial charge in [-0.05, 0) is 32.4 Å². The molecule has 0 N–H and O–H groups in total. The smallest absolute Gasteiger partial charge is 0.133 e. The van der Waals surface area contributed by atoms with Crippen molar-refractivity contribution < 1.29 is 4.74 Å². The van der Waals surface area contributed by atoms with E-state index in [-0.39, 0.29) is 5.35 Å². The van der Waals surface area contributed by atoms with Gasteiger partial charge in [-0.2, -0.15) is 0 Å². The van der Waals surface area contributed by atoms with Gasteiger partial charge in [-0.25, -0.2) is 0 Å². The maximum Gasteiger partial charge on any atom is 0.133 e. The SMILES string of the molecule is CC=NC1([SiH3])CCCCO1. The first-order valence-electron chi connectivity index (χ1n) is 3.91. The highest BCUT2D eigenvalue weighted by atomic mass is 28.1. The molecule has 0 saturated carbocycles. The van der Waals surface area contributed by atoms with Crippen molar-refractivity contribution in [1.29, 1.82) is 0 Å². The van der Waals surface area contributed by atoms with Gasteiger partial charge in [0.25, 0.3) is 0 Å². The van der Waals surface area contributed by atoms with Gasteiger partial charge in [0.2, 0.25) is 0 Å². The van der Waals surface area contributed by atoms with Crippen LogP contribution in [0.25, 0.3) is 0 Å². The number of nitrogens with zero attached hydrogens (tertiary/aromatic N) is 1. The van der Waals surface area contributed by atoms with Crippen LogP contribution in [0.2, 0.25) is 0 Å². The van der Waals surface area contributed by atoms with E-state index in [0.717, 1.165) is 23.3 Å². The van der Waals surface area contributed by atoms with Crippen molar-refractivity contribution in [2.45, 2.75) is 31.5 Å². The molecule has 1 rings (SSSR count). The summed E-state index contributed by atoms with van der Waals surface area (Å²) >= 11 is 0. The Hall–Kier alpha value is -0.153. The zero-order valence-electron chi connectivity index (χ0n) is 6.76. The van der Waals surface area contributed by atoms with Crippen LogP contribution in [-0.4, -0.2) is 28.4 Å². The van der Waals surface area contributed by atoms with E-state index in [0.29, 0.717) is 0 Å². The summed E-state index contributed by atoms with van der Waals surface area (Å²) < 4.78 is 5.57. The van der Waals surface area contributed by atoms with Crippen LogP contribution in [0.15, 0.2) is 4.99 Å². The maximum absolute atomic E-state index is 5.57.